The monoisotopic (exact) mass is 297 g/mol. The minimum absolute atomic E-state index is 0.00426. The predicted octanol–water partition coefficient (Wildman–Crippen LogP) is 4.28. The molecule has 7 heteroatoms. The van der Waals surface area contributed by atoms with Crippen molar-refractivity contribution < 1.29 is 26.7 Å². The van der Waals surface area contributed by atoms with Gasteiger partial charge >= 0.3 is 12.8 Å². The molecule has 1 rings (SSSR count). The molecule has 0 saturated carbocycles. The van der Waals surface area contributed by atoms with E-state index in [0.717, 1.165) is 5.56 Å². The third-order valence-electron chi connectivity index (χ3n) is 2.81. The molecule has 0 aromatic heterocycles. The zero-order valence-corrected chi connectivity index (χ0v) is 10.9. The van der Waals surface area contributed by atoms with E-state index in [1.807, 2.05) is 0 Å². The summed E-state index contributed by atoms with van der Waals surface area (Å²) in [4.78, 5) is 0. The van der Waals surface area contributed by atoms with E-state index in [4.69, 9.17) is 0 Å². The summed E-state index contributed by atoms with van der Waals surface area (Å²) in [6, 6.07) is 5.61. The number of nitrogens with one attached hydrogen (secondary N) is 1. The molecule has 2 nitrogen and oxygen atoms in total. The zero-order valence-electron chi connectivity index (χ0n) is 10.9. The highest BCUT2D eigenvalue weighted by molar-refractivity contribution is 5.29. The first-order valence-corrected chi connectivity index (χ1v) is 6.10. The second kappa shape index (κ2) is 7.42. The second-order valence-electron chi connectivity index (χ2n) is 4.30. The third-order valence-corrected chi connectivity index (χ3v) is 2.81. The Morgan fingerprint density at radius 3 is 2.20 bits per heavy atom. The van der Waals surface area contributed by atoms with Crippen LogP contribution in [0.15, 0.2) is 24.3 Å². The number of halogens is 5. The molecule has 0 spiro atoms. The van der Waals surface area contributed by atoms with Crippen LogP contribution in [0.2, 0.25) is 0 Å². The first kappa shape index (κ1) is 16.7. The molecule has 0 fully saturated rings. The minimum Gasteiger partial charge on any atom is -0.435 e. The lowest BCUT2D eigenvalue weighted by Crippen LogP contribution is -2.17. The van der Waals surface area contributed by atoms with Crippen molar-refractivity contribution in [1.82, 2.24) is 5.32 Å². The summed E-state index contributed by atoms with van der Waals surface area (Å²) in [6.45, 7) is -2.90. The molecule has 0 aliphatic rings. The molecular formula is C13H16F5NO. The second-order valence-corrected chi connectivity index (χ2v) is 4.30. The predicted molar refractivity (Wildman–Crippen MR) is 64.8 cm³/mol. The maximum Gasteiger partial charge on any atom is 0.389 e. The molecule has 0 aliphatic heterocycles. The lowest BCUT2D eigenvalue weighted by atomic mass is 10.0. The summed E-state index contributed by atoms with van der Waals surface area (Å²) in [6.07, 6.45) is -4.68. The van der Waals surface area contributed by atoms with Gasteiger partial charge < -0.3 is 10.1 Å². The molecule has 0 amide bonds. The van der Waals surface area contributed by atoms with E-state index in [1.54, 1.807) is 19.2 Å². The third kappa shape index (κ3) is 6.18. The van der Waals surface area contributed by atoms with Gasteiger partial charge in [-0.15, -0.1) is 0 Å². The van der Waals surface area contributed by atoms with Crippen molar-refractivity contribution in [2.45, 2.75) is 38.1 Å². The molecule has 0 bridgehead atoms. The summed E-state index contributed by atoms with van der Waals surface area (Å²) in [7, 11) is 1.64. The fourth-order valence-electron chi connectivity index (χ4n) is 1.87. The van der Waals surface area contributed by atoms with E-state index in [0.29, 0.717) is 6.42 Å². The molecule has 1 aromatic rings. The van der Waals surface area contributed by atoms with Crippen LogP contribution >= 0.6 is 0 Å². The largest absolute Gasteiger partial charge is 0.435 e. The Morgan fingerprint density at radius 2 is 1.75 bits per heavy atom. The first-order chi connectivity index (χ1) is 9.31. The average molecular weight is 297 g/mol. The highest BCUT2D eigenvalue weighted by Crippen LogP contribution is 2.27. The molecule has 1 N–H and O–H groups in total. The molecule has 20 heavy (non-hydrogen) atoms. The van der Waals surface area contributed by atoms with E-state index < -0.39 is 19.2 Å². The fraction of sp³-hybridized carbons (Fsp3) is 0.538. The summed E-state index contributed by atoms with van der Waals surface area (Å²) in [5.41, 5.74) is 0.733. The van der Waals surface area contributed by atoms with Gasteiger partial charge in [0, 0.05) is 12.5 Å². The molecule has 0 saturated heterocycles. The topological polar surface area (TPSA) is 21.3 Å². The average Bonchev–Trinajstić information content (AvgIpc) is 2.34. The Balaban J connectivity index is 2.56. The molecule has 1 unspecified atom stereocenters. The Kier molecular flexibility index (Phi) is 6.19. The summed E-state index contributed by atoms with van der Waals surface area (Å²) >= 11 is 0. The molecular weight excluding hydrogens is 281 g/mol. The van der Waals surface area contributed by atoms with Crippen molar-refractivity contribution >= 4 is 0 Å². The lowest BCUT2D eigenvalue weighted by molar-refractivity contribution is -0.135. The van der Waals surface area contributed by atoms with Crippen LogP contribution in [-0.4, -0.2) is 19.8 Å². The highest BCUT2D eigenvalue weighted by Gasteiger charge is 2.26. The van der Waals surface area contributed by atoms with Crippen LogP contribution in [-0.2, 0) is 0 Å². The van der Waals surface area contributed by atoms with Crippen molar-refractivity contribution in [3.05, 3.63) is 29.8 Å². The molecule has 1 aromatic carbocycles. The van der Waals surface area contributed by atoms with Crippen molar-refractivity contribution in [2.75, 3.05) is 7.05 Å². The van der Waals surface area contributed by atoms with Gasteiger partial charge in [-0.05, 0) is 37.6 Å². The van der Waals surface area contributed by atoms with Crippen LogP contribution in [0.5, 0.6) is 5.75 Å². The molecule has 114 valence electrons. The van der Waals surface area contributed by atoms with Gasteiger partial charge in [0.05, 0.1) is 0 Å². The molecule has 0 aliphatic carbocycles. The summed E-state index contributed by atoms with van der Waals surface area (Å²) in [5.74, 6) is 0.0221. The number of hydrogen-bond donors (Lipinski definition) is 1. The van der Waals surface area contributed by atoms with Crippen LogP contribution in [0.4, 0.5) is 22.0 Å². The van der Waals surface area contributed by atoms with Gasteiger partial charge in [-0.2, -0.15) is 22.0 Å². The van der Waals surface area contributed by atoms with E-state index in [1.165, 1.54) is 12.1 Å². The Bertz CT molecular complexity index is 391. The number of benzene rings is 1. The van der Waals surface area contributed by atoms with Gasteiger partial charge in [0.15, 0.2) is 0 Å². The Hall–Kier alpha value is -1.37. The molecule has 1 atom stereocenters. The van der Waals surface area contributed by atoms with Gasteiger partial charge in [-0.3, -0.25) is 0 Å². The number of alkyl halides is 5. The summed E-state index contributed by atoms with van der Waals surface area (Å²) < 4.78 is 64.4. The van der Waals surface area contributed by atoms with Gasteiger partial charge in [-0.1, -0.05) is 12.1 Å². The Morgan fingerprint density at radius 1 is 1.15 bits per heavy atom. The smallest absolute Gasteiger partial charge is 0.389 e. The lowest BCUT2D eigenvalue weighted by Gasteiger charge is -2.17. The van der Waals surface area contributed by atoms with Crippen molar-refractivity contribution in [2.24, 2.45) is 0 Å². The van der Waals surface area contributed by atoms with Crippen LogP contribution in [0.25, 0.3) is 0 Å². The number of hydrogen-bond acceptors (Lipinski definition) is 2. The molecule has 0 radical (unpaired) electrons. The first-order valence-electron chi connectivity index (χ1n) is 6.10. The fourth-order valence-corrected chi connectivity index (χ4v) is 1.87. The van der Waals surface area contributed by atoms with Gasteiger partial charge in [0.1, 0.15) is 5.75 Å². The van der Waals surface area contributed by atoms with Crippen LogP contribution in [0.1, 0.15) is 30.9 Å². The van der Waals surface area contributed by atoms with Crippen LogP contribution in [0, 0.1) is 0 Å². The van der Waals surface area contributed by atoms with Gasteiger partial charge in [0.25, 0.3) is 0 Å². The van der Waals surface area contributed by atoms with Crippen molar-refractivity contribution in [1.29, 1.82) is 0 Å². The SMILES string of the molecule is CNC(CCCC(F)(F)F)c1ccc(OC(F)F)cc1. The maximum absolute atomic E-state index is 12.1. The van der Waals surface area contributed by atoms with Gasteiger partial charge in [-0.25, -0.2) is 0 Å². The van der Waals surface area contributed by atoms with Crippen LogP contribution in [0.3, 0.4) is 0 Å². The van der Waals surface area contributed by atoms with Crippen LogP contribution < -0.4 is 10.1 Å². The quantitative estimate of drug-likeness (QED) is 0.758. The highest BCUT2D eigenvalue weighted by atomic mass is 19.4. The van der Waals surface area contributed by atoms with E-state index in [-0.39, 0.29) is 18.2 Å². The van der Waals surface area contributed by atoms with Crippen molar-refractivity contribution in [3.8, 4) is 5.75 Å². The van der Waals surface area contributed by atoms with E-state index >= 15 is 0 Å². The maximum atomic E-state index is 12.1. The molecule has 0 heterocycles. The van der Waals surface area contributed by atoms with E-state index in [2.05, 4.69) is 10.1 Å². The zero-order chi connectivity index (χ0) is 15.2. The summed E-state index contributed by atoms with van der Waals surface area (Å²) in [5, 5.41) is 2.91. The van der Waals surface area contributed by atoms with Gasteiger partial charge in [0.2, 0.25) is 0 Å². The number of ether oxygens (including phenoxy) is 1. The number of rotatable bonds is 7. The van der Waals surface area contributed by atoms with E-state index in [9.17, 15) is 22.0 Å². The minimum atomic E-state index is -4.16. The standard InChI is InChI=1S/C13H16F5NO/c1-19-11(3-2-8-13(16,17)18)9-4-6-10(7-5-9)20-12(14)15/h4-7,11-12,19H,2-3,8H2,1H3. The Labute approximate surface area is 113 Å². The van der Waals surface area contributed by atoms with Crippen molar-refractivity contribution in [3.63, 3.8) is 0 Å². The normalized spacial score (nSPS) is 13.6.